The summed E-state index contributed by atoms with van der Waals surface area (Å²) in [5.41, 5.74) is 0. The van der Waals surface area contributed by atoms with Gasteiger partial charge in [0.15, 0.2) is 0 Å². The summed E-state index contributed by atoms with van der Waals surface area (Å²) in [4.78, 5) is 17.9. The highest BCUT2D eigenvalue weighted by molar-refractivity contribution is 9.10. The van der Waals surface area contributed by atoms with Gasteiger partial charge in [0.05, 0.1) is 6.54 Å². The van der Waals surface area contributed by atoms with Gasteiger partial charge in [-0.3, -0.25) is 4.79 Å². The molecule has 0 N–H and O–H groups in total. The number of pyridine rings is 1. The van der Waals surface area contributed by atoms with E-state index in [1.165, 1.54) is 0 Å². The Morgan fingerprint density at radius 2 is 2.37 bits per heavy atom. The van der Waals surface area contributed by atoms with Crippen LogP contribution in [0.25, 0.3) is 0 Å². The van der Waals surface area contributed by atoms with Crippen molar-refractivity contribution in [2.45, 2.75) is 25.4 Å². The van der Waals surface area contributed by atoms with E-state index >= 15 is 0 Å². The maximum atomic E-state index is 11.9. The van der Waals surface area contributed by atoms with Gasteiger partial charge in [-0.2, -0.15) is 0 Å². The molecule has 2 rings (SSSR count). The van der Waals surface area contributed by atoms with Crippen LogP contribution in [0.2, 0.25) is 0 Å². The van der Waals surface area contributed by atoms with Crippen LogP contribution in [0.4, 0.5) is 0 Å². The molecule has 1 aromatic heterocycles. The van der Waals surface area contributed by atoms with Crippen LogP contribution in [0.5, 0.6) is 5.88 Å². The molecule has 0 radical (unpaired) electrons. The smallest absolute Gasteiger partial charge is 0.222 e. The monoisotopic (exact) mass is 390 g/mol. The van der Waals surface area contributed by atoms with Gasteiger partial charge in [-0.25, -0.2) is 4.98 Å². The number of ether oxygens (including phenoxy) is 1. The average molecular weight is 392 g/mol. The highest BCUT2D eigenvalue weighted by Crippen LogP contribution is 2.19. The molecule has 0 aromatic carbocycles. The number of amides is 1. The van der Waals surface area contributed by atoms with Crippen LogP contribution in [0.3, 0.4) is 0 Å². The SMILES string of the molecule is O=C(CCCBr)N1CCC(Oc2ccc(Br)cn2)C1. The van der Waals surface area contributed by atoms with Crippen molar-refractivity contribution in [2.75, 3.05) is 18.4 Å². The molecule has 6 heteroatoms. The highest BCUT2D eigenvalue weighted by atomic mass is 79.9. The normalized spacial score (nSPS) is 18.6. The molecule has 1 amide bonds. The number of rotatable bonds is 5. The van der Waals surface area contributed by atoms with E-state index < -0.39 is 0 Å². The van der Waals surface area contributed by atoms with Crippen molar-refractivity contribution in [3.05, 3.63) is 22.8 Å². The minimum absolute atomic E-state index is 0.0570. The third-order valence-corrected chi connectivity index (χ3v) is 4.04. The number of hydrogen-bond acceptors (Lipinski definition) is 3. The first kappa shape index (κ1) is 14.8. The zero-order valence-electron chi connectivity index (χ0n) is 10.5. The number of alkyl halides is 1. The van der Waals surface area contributed by atoms with Crippen molar-refractivity contribution in [3.63, 3.8) is 0 Å². The maximum absolute atomic E-state index is 11.9. The first-order chi connectivity index (χ1) is 9.19. The van der Waals surface area contributed by atoms with Crippen LogP contribution < -0.4 is 4.74 Å². The molecule has 1 fully saturated rings. The van der Waals surface area contributed by atoms with Gasteiger partial charge in [0.2, 0.25) is 11.8 Å². The summed E-state index contributed by atoms with van der Waals surface area (Å²) in [7, 11) is 0. The van der Waals surface area contributed by atoms with Crippen LogP contribution >= 0.6 is 31.9 Å². The van der Waals surface area contributed by atoms with Crippen molar-refractivity contribution < 1.29 is 9.53 Å². The predicted molar refractivity (Wildman–Crippen MR) is 80.6 cm³/mol. The van der Waals surface area contributed by atoms with E-state index in [2.05, 4.69) is 36.8 Å². The minimum atomic E-state index is 0.0570. The molecule has 1 aromatic rings. The Balaban J connectivity index is 1.81. The van der Waals surface area contributed by atoms with Gasteiger partial charge in [-0.1, -0.05) is 15.9 Å². The van der Waals surface area contributed by atoms with Crippen molar-refractivity contribution in [1.29, 1.82) is 0 Å². The van der Waals surface area contributed by atoms with Crippen LogP contribution in [-0.4, -0.2) is 40.3 Å². The first-order valence-corrected chi connectivity index (χ1v) is 8.22. The number of carbonyl (C=O) groups is 1. The van der Waals surface area contributed by atoms with Crippen molar-refractivity contribution >= 4 is 37.8 Å². The van der Waals surface area contributed by atoms with Gasteiger partial charge < -0.3 is 9.64 Å². The van der Waals surface area contributed by atoms with Crippen molar-refractivity contribution in [2.24, 2.45) is 0 Å². The Kier molecular flexibility index (Phi) is 5.63. The number of nitrogens with zero attached hydrogens (tertiary/aromatic N) is 2. The summed E-state index contributed by atoms with van der Waals surface area (Å²) in [6.07, 6.45) is 4.13. The molecule has 1 unspecified atom stereocenters. The van der Waals surface area contributed by atoms with Crippen molar-refractivity contribution in [3.8, 4) is 5.88 Å². The Bertz CT molecular complexity index is 425. The van der Waals surface area contributed by atoms with Gasteiger partial charge in [-0.05, 0) is 28.4 Å². The summed E-state index contributed by atoms with van der Waals surface area (Å²) >= 11 is 6.68. The van der Waals surface area contributed by atoms with Gasteiger partial charge in [0, 0.05) is 41.5 Å². The standard InChI is InChI=1S/C13H16Br2N2O2/c14-6-1-2-13(18)17-7-5-11(9-17)19-12-4-3-10(15)8-16-12/h3-4,8,11H,1-2,5-7,9H2. The Morgan fingerprint density at radius 3 is 3.05 bits per heavy atom. The van der Waals surface area contributed by atoms with E-state index in [-0.39, 0.29) is 12.0 Å². The molecule has 19 heavy (non-hydrogen) atoms. The second-order valence-electron chi connectivity index (χ2n) is 4.48. The molecular formula is C13H16Br2N2O2. The molecule has 0 bridgehead atoms. The molecule has 4 nitrogen and oxygen atoms in total. The lowest BCUT2D eigenvalue weighted by atomic mass is 10.3. The van der Waals surface area contributed by atoms with E-state index in [0.717, 1.165) is 29.2 Å². The lowest BCUT2D eigenvalue weighted by molar-refractivity contribution is -0.130. The lowest BCUT2D eigenvalue weighted by Crippen LogP contribution is -2.30. The number of halogens is 2. The van der Waals surface area contributed by atoms with Gasteiger partial charge in [-0.15, -0.1) is 0 Å². The van der Waals surface area contributed by atoms with Crippen LogP contribution in [-0.2, 0) is 4.79 Å². The predicted octanol–water partition coefficient (Wildman–Crippen LogP) is 3.00. The summed E-state index contributed by atoms with van der Waals surface area (Å²) in [5.74, 6) is 0.831. The number of hydrogen-bond donors (Lipinski definition) is 0. The second-order valence-corrected chi connectivity index (χ2v) is 6.18. The van der Waals surface area contributed by atoms with E-state index in [4.69, 9.17) is 4.74 Å². The zero-order valence-corrected chi connectivity index (χ0v) is 13.7. The third kappa shape index (κ3) is 4.45. The molecular weight excluding hydrogens is 376 g/mol. The molecule has 104 valence electrons. The molecule has 1 atom stereocenters. The molecule has 0 spiro atoms. The van der Waals surface area contributed by atoms with E-state index in [9.17, 15) is 4.79 Å². The zero-order chi connectivity index (χ0) is 13.7. The van der Waals surface area contributed by atoms with Crippen LogP contribution in [0, 0.1) is 0 Å². The van der Waals surface area contributed by atoms with Gasteiger partial charge in [0.25, 0.3) is 0 Å². The lowest BCUT2D eigenvalue weighted by Gasteiger charge is -2.16. The number of carbonyl (C=O) groups excluding carboxylic acids is 1. The van der Waals surface area contributed by atoms with E-state index in [0.29, 0.717) is 18.8 Å². The maximum Gasteiger partial charge on any atom is 0.222 e. The minimum Gasteiger partial charge on any atom is -0.472 e. The van der Waals surface area contributed by atoms with E-state index in [1.54, 1.807) is 6.20 Å². The summed E-state index contributed by atoms with van der Waals surface area (Å²) in [6.45, 7) is 1.45. The first-order valence-electron chi connectivity index (χ1n) is 6.31. The highest BCUT2D eigenvalue weighted by Gasteiger charge is 2.27. The van der Waals surface area contributed by atoms with Crippen molar-refractivity contribution in [1.82, 2.24) is 9.88 Å². The van der Waals surface area contributed by atoms with Crippen LogP contribution in [0.1, 0.15) is 19.3 Å². The molecule has 0 aliphatic carbocycles. The van der Waals surface area contributed by atoms with Crippen LogP contribution in [0.15, 0.2) is 22.8 Å². The fourth-order valence-electron chi connectivity index (χ4n) is 2.03. The largest absolute Gasteiger partial charge is 0.472 e. The summed E-state index contributed by atoms with van der Waals surface area (Å²) in [5, 5.41) is 0.870. The third-order valence-electron chi connectivity index (χ3n) is 3.01. The Labute approximate surface area is 129 Å². The van der Waals surface area contributed by atoms with Gasteiger partial charge in [0.1, 0.15) is 6.10 Å². The number of aromatic nitrogens is 1. The topological polar surface area (TPSA) is 42.4 Å². The Hall–Kier alpha value is -0.620. The Morgan fingerprint density at radius 1 is 1.53 bits per heavy atom. The number of likely N-dealkylation sites (tertiary alicyclic amines) is 1. The summed E-state index contributed by atoms with van der Waals surface area (Å²) < 4.78 is 6.71. The molecule has 1 aliphatic rings. The molecule has 1 aliphatic heterocycles. The molecule has 1 saturated heterocycles. The quantitative estimate of drug-likeness (QED) is 0.724. The summed E-state index contributed by atoms with van der Waals surface area (Å²) in [6, 6.07) is 3.73. The second kappa shape index (κ2) is 7.24. The van der Waals surface area contributed by atoms with Gasteiger partial charge >= 0.3 is 0 Å². The molecule has 0 saturated carbocycles. The average Bonchev–Trinajstić information content (AvgIpc) is 2.87. The fraction of sp³-hybridized carbons (Fsp3) is 0.538. The van der Waals surface area contributed by atoms with E-state index in [1.807, 2.05) is 17.0 Å². The molecule has 2 heterocycles. The fourth-order valence-corrected chi connectivity index (χ4v) is 2.54.